The fourth-order valence-electron chi connectivity index (χ4n) is 11.9. The third kappa shape index (κ3) is 2.94. The van der Waals surface area contributed by atoms with Gasteiger partial charge >= 0.3 is 5.97 Å². The van der Waals surface area contributed by atoms with Crippen LogP contribution in [0, 0.1) is 62.6 Å². The van der Waals surface area contributed by atoms with E-state index < -0.39 is 11.4 Å². The summed E-state index contributed by atoms with van der Waals surface area (Å²) in [5.41, 5.74) is 7.27. The number of carboxylic acid groups (broad SMARTS) is 1. The first-order chi connectivity index (χ1) is 15.7. The van der Waals surface area contributed by atoms with Crippen LogP contribution in [0.25, 0.3) is 0 Å². The van der Waals surface area contributed by atoms with E-state index in [0.717, 1.165) is 25.7 Å². The molecule has 0 amide bonds. The zero-order valence-electron chi connectivity index (χ0n) is 22.8. The van der Waals surface area contributed by atoms with Gasteiger partial charge in [0.15, 0.2) is 0 Å². The number of aliphatic carboxylic acids is 1. The van der Waals surface area contributed by atoms with Gasteiger partial charge in [-0.05, 0) is 115 Å². The lowest BCUT2D eigenvalue weighted by Gasteiger charge is -2.73. The van der Waals surface area contributed by atoms with E-state index in [1.807, 2.05) is 0 Å². The van der Waals surface area contributed by atoms with Gasteiger partial charge in [-0.2, -0.15) is 0 Å². The van der Waals surface area contributed by atoms with Crippen molar-refractivity contribution in [1.82, 2.24) is 0 Å². The predicted molar refractivity (Wildman–Crippen MR) is 143 cm³/mol. The normalized spacial score (nSPS) is 56.2. The molecule has 194 valence electrons. The third-order valence-electron chi connectivity index (χ3n) is 13.8. The molecule has 0 aromatic carbocycles. The molecule has 0 spiro atoms. The van der Waals surface area contributed by atoms with Crippen molar-refractivity contribution in [3.63, 3.8) is 0 Å². The number of fused-ring (bicyclic) bond motifs is 7. The van der Waals surface area contributed by atoms with Crippen molar-refractivity contribution in [2.45, 2.75) is 117 Å². The van der Waals surface area contributed by atoms with Gasteiger partial charge in [0, 0.05) is 10.9 Å². The number of carboxylic acids is 1. The van der Waals surface area contributed by atoms with E-state index in [4.69, 9.17) is 5.73 Å². The van der Waals surface area contributed by atoms with Crippen LogP contribution in [0.15, 0.2) is 0 Å². The molecular formula is C30H50BrNO2. The topological polar surface area (TPSA) is 63.3 Å². The second-order valence-corrected chi connectivity index (χ2v) is 16.3. The van der Waals surface area contributed by atoms with Gasteiger partial charge in [-0.25, -0.2) is 0 Å². The second kappa shape index (κ2) is 7.71. The summed E-state index contributed by atoms with van der Waals surface area (Å²) >= 11 is 4.04. The summed E-state index contributed by atoms with van der Waals surface area (Å²) in [6.45, 7) is 17.4. The number of hydrogen-bond acceptors (Lipinski definition) is 2. The Balaban J connectivity index is 1.57. The molecule has 0 aromatic rings. The van der Waals surface area contributed by atoms with Gasteiger partial charge in [-0.1, -0.05) is 64.4 Å². The Hall–Kier alpha value is -0.0900. The molecule has 0 aromatic heterocycles. The standard InChI is InChI=1S/C30H50BrNO2/c1-17(2)18-10-13-30(25(33)34)15-14-28(6)19(23(18)30)8-9-22-27(5)16-20(31)24(32)26(3,4)21(27)11-12-29(22,28)7/h17-24H,8-16,32H2,1-7H3,(H,33,34)/t18?,19-,20?,21+,22?,23?,24+,27+,28-,29-,30?/m1/s1. The van der Waals surface area contributed by atoms with Gasteiger partial charge in [0.25, 0.3) is 0 Å². The van der Waals surface area contributed by atoms with Gasteiger partial charge in [0.05, 0.1) is 5.41 Å². The fraction of sp³-hybridized carbons (Fsp3) is 0.967. The maximum atomic E-state index is 12.8. The largest absolute Gasteiger partial charge is 0.481 e. The van der Waals surface area contributed by atoms with Crippen molar-refractivity contribution < 1.29 is 9.90 Å². The summed E-state index contributed by atoms with van der Waals surface area (Å²) in [6.07, 6.45) is 10.2. The van der Waals surface area contributed by atoms with Gasteiger partial charge in [0.2, 0.25) is 0 Å². The van der Waals surface area contributed by atoms with E-state index in [9.17, 15) is 9.90 Å². The van der Waals surface area contributed by atoms with Crippen molar-refractivity contribution in [1.29, 1.82) is 0 Å². The van der Waals surface area contributed by atoms with Crippen LogP contribution in [-0.2, 0) is 4.79 Å². The first-order valence-corrected chi connectivity index (χ1v) is 15.2. The summed E-state index contributed by atoms with van der Waals surface area (Å²) in [6, 6.07) is 0.206. The highest BCUT2D eigenvalue weighted by atomic mass is 79.9. The lowest BCUT2D eigenvalue weighted by atomic mass is 9.32. The molecule has 5 saturated carbocycles. The predicted octanol–water partition coefficient (Wildman–Crippen LogP) is 7.51. The highest BCUT2D eigenvalue weighted by molar-refractivity contribution is 9.09. The SMILES string of the molecule is CC(C)C1CCC2(C(=O)O)CC[C@]3(C)[C@H](CCC4[C@@]5(C)CC(Br)[C@H](N)C(C)(C)[C@@H]5CC[C@]43C)C12. The monoisotopic (exact) mass is 535 g/mol. The number of carbonyl (C=O) groups is 1. The Labute approximate surface area is 216 Å². The molecule has 5 rings (SSSR count). The minimum Gasteiger partial charge on any atom is -0.481 e. The van der Waals surface area contributed by atoms with Crippen LogP contribution < -0.4 is 5.73 Å². The molecular weight excluding hydrogens is 486 g/mol. The van der Waals surface area contributed by atoms with Crippen LogP contribution in [0.1, 0.15) is 106 Å². The molecule has 4 heteroatoms. The van der Waals surface area contributed by atoms with E-state index in [1.165, 1.54) is 32.1 Å². The van der Waals surface area contributed by atoms with E-state index >= 15 is 0 Å². The summed E-state index contributed by atoms with van der Waals surface area (Å²) < 4.78 is 0. The van der Waals surface area contributed by atoms with Gasteiger partial charge in [0.1, 0.15) is 0 Å². The maximum absolute atomic E-state index is 12.8. The molecule has 0 radical (unpaired) electrons. The van der Waals surface area contributed by atoms with E-state index in [1.54, 1.807) is 0 Å². The number of rotatable bonds is 2. The molecule has 0 saturated heterocycles. The highest BCUT2D eigenvalue weighted by Gasteiger charge is 2.72. The van der Waals surface area contributed by atoms with Crippen molar-refractivity contribution in [2.24, 2.45) is 68.3 Å². The van der Waals surface area contributed by atoms with Crippen molar-refractivity contribution in [3.8, 4) is 0 Å². The van der Waals surface area contributed by atoms with Crippen LogP contribution in [0.4, 0.5) is 0 Å². The van der Waals surface area contributed by atoms with Crippen molar-refractivity contribution >= 4 is 21.9 Å². The Kier molecular flexibility index (Phi) is 5.80. The first-order valence-electron chi connectivity index (χ1n) is 14.3. The minimum absolute atomic E-state index is 0.138. The van der Waals surface area contributed by atoms with E-state index in [2.05, 4.69) is 64.4 Å². The van der Waals surface area contributed by atoms with Crippen LogP contribution >= 0.6 is 15.9 Å². The molecule has 0 aliphatic heterocycles. The fourth-order valence-corrected chi connectivity index (χ4v) is 13.3. The van der Waals surface area contributed by atoms with Gasteiger partial charge < -0.3 is 10.8 Å². The molecule has 5 unspecified atom stereocenters. The summed E-state index contributed by atoms with van der Waals surface area (Å²) in [7, 11) is 0. The Morgan fingerprint density at radius 3 is 2.21 bits per heavy atom. The number of hydrogen-bond donors (Lipinski definition) is 2. The molecule has 3 N–H and O–H groups in total. The van der Waals surface area contributed by atoms with Crippen molar-refractivity contribution in [3.05, 3.63) is 0 Å². The van der Waals surface area contributed by atoms with Crippen LogP contribution in [-0.4, -0.2) is 21.9 Å². The maximum Gasteiger partial charge on any atom is 0.309 e. The van der Waals surface area contributed by atoms with Gasteiger partial charge in [-0.15, -0.1) is 0 Å². The Morgan fingerprint density at radius 2 is 1.59 bits per heavy atom. The molecule has 0 heterocycles. The summed E-state index contributed by atoms with van der Waals surface area (Å²) in [5, 5.41) is 10.6. The number of nitrogens with two attached hydrogens (primary N) is 1. The average Bonchev–Trinajstić information content (AvgIpc) is 3.14. The molecule has 11 atom stereocenters. The summed E-state index contributed by atoms with van der Waals surface area (Å²) in [5.74, 6) is 2.91. The minimum atomic E-state index is -0.490. The quantitative estimate of drug-likeness (QED) is 0.359. The van der Waals surface area contributed by atoms with Crippen LogP contribution in [0.5, 0.6) is 0 Å². The number of halogens is 1. The Morgan fingerprint density at radius 1 is 0.912 bits per heavy atom. The van der Waals surface area contributed by atoms with E-state index in [-0.39, 0.29) is 22.3 Å². The zero-order chi connectivity index (χ0) is 25.1. The molecule has 5 aliphatic carbocycles. The second-order valence-electron chi connectivity index (χ2n) is 15.2. The molecule has 3 nitrogen and oxygen atoms in total. The lowest BCUT2D eigenvalue weighted by molar-refractivity contribution is -0.240. The van der Waals surface area contributed by atoms with Crippen LogP contribution in [0.3, 0.4) is 0 Å². The van der Waals surface area contributed by atoms with E-state index in [0.29, 0.717) is 45.7 Å². The van der Waals surface area contributed by atoms with Gasteiger partial charge in [-0.3, -0.25) is 4.79 Å². The summed E-state index contributed by atoms with van der Waals surface area (Å²) in [4.78, 5) is 13.2. The third-order valence-corrected chi connectivity index (χ3v) is 14.7. The van der Waals surface area contributed by atoms with Crippen LogP contribution in [0.2, 0.25) is 0 Å². The molecule has 5 aliphatic rings. The zero-order valence-corrected chi connectivity index (χ0v) is 24.4. The Bertz CT molecular complexity index is 857. The average molecular weight is 537 g/mol. The molecule has 0 bridgehead atoms. The lowest BCUT2D eigenvalue weighted by Crippen LogP contribution is -2.69. The molecule has 5 fully saturated rings. The smallest absolute Gasteiger partial charge is 0.309 e. The first kappa shape index (κ1) is 25.6. The molecule has 34 heavy (non-hydrogen) atoms. The van der Waals surface area contributed by atoms with Crippen molar-refractivity contribution in [2.75, 3.05) is 0 Å². The highest BCUT2D eigenvalue weighted by Crippen LogP contribution is 2.77. The number of alkyl halides is 1.